The Morgan fingerprint density at radius 1 is 1.12 bits per heavy atom. The van der Waals surface area contributed by atoms with Gasteiger partial charge in [0.1, 0.15) is 18.1 Å². The SMILES string of the molecule is CCN(C)CCOc1ccc([C@H]2C[C@]3(C)[C@@H](O)CC[C@H]3[C@@H]3CCc4c(ccc(O)c4Cl)[C@H]32)cc1. The van der Waals surface area contributed by atoms with E-state index in [1.54, 1.807) is 6.07 Å². The predicted octanol–water partition coefficient (Wildman–Crippen LogP) is 5.99. The van der Waals surface area contributed by atoms with Crippen LogP contribution in [0.4, 0.5) is 0 Å². The molecule has 0 unspecified atom stereocenters. The summed E-state index contributed by atoms with van der Waals surface area (Å²) >= 11 is 6.59. The van der Waals surface area contributed by atoms with E-state index in [1.807, 2.05) is 0 Å². The van der Waals surface area contributed by atoms with Crippen LogP contribution >= 0.6 is 11.6 Å². The number of halogens is 1. The molecule has 0 aromatic heterocycles. The summed E-state index contributed by atoms with van der Waals surface area (Å²) in [7, 11) is 2.10. The molecule has 0 bridgehead atoms. The van der Waals surface area contributed by atoms with Crippen molar-refractivity contribution in [3.05, 3.63) is 58.1 Å². The summed E-state index contributed by atoms with van der Waals surface area (Å²) in [6.45, 7) is 7.07. The third-order valence-electron chi connectivity index (χ3n) is 9.37. The van der Waals surface area contributed by atoms with Gasteiger partial charge in [0.25, 0.3) is 0 Å². The molecule has 0 heterocycles. The molecule has 3 aliphatic carbocycles. The highest BCUT2D eigenvalue weighted by Gasteiger charge is 2.57. The van der Waals surface area contributed by atoms with E-state index in [2.05, 4.69) is 56.1 Å². The lowest BCUT2D eigenvalue weighted by Gasteiger charge is -2.54. The molecule has 2 N–H and O–H groups in total. The number of phenolic OH excluding ortho intramolecular Hbond substituents is 1. The lowest BCUT2D eigenvalue weighted by atomic mass is 9.51. The third kappa shape index (κ3) is 4.02. The second-order valence-corrected chi connectivity index (χ2v) is 11.4. The first-order valence-corrected chi connectivity index (χ1v) is 13.3. The van der Waals surface area contributed by atoms with E-state index < -0.39 is 0 Å². The zero-order chi connectivity index (χ0) is 24.0. The van der Waals surface area contributed by atoms with Crippen LogP contribution in [0.2, 0.25) is 5.02 Å². The lowest BCUT2D eigenvalue weighted by molar-refractivity contribution is -0.0322. The monoisotopic (exact) mass is 483 g/mol. The minimum atomic E-state index is -0.232. The van der Waals surface area contributed by atoms with E-state index in [4.69, 9.17) is 16.3 Å². The zero-order valence-electron chi connectivity index (χ0n) is 20.6. The summed E-state index contributed by atoms with van der Waals surface area (Å²) in [6.07, 6.45) is 4.71. The predicted molar refractivity (Wildman–Crippen MR) is 137 cm³/mol. The minimum Gasteiger partial charge on any atom is -0.506 e. The number of aliphatic hydroxyl groups is 1. The molecule has 3 aliphatic rings. The van der Waals surface area contributed by atoms with E-state index in [0.717, 1.165) is 56.5 Å². The van der Waals surface area contributed by atoms with E-state index in [9.17, 15) is 10.2 Å². The number of nitrogens with zero attached hydrogens (tertiary/aromatic N) is 1. The number of aliphatic hydroxyl groups excluding tert-OH is 1. The molecule has 5 rings (SSSR count). The Hall–Kier alpha value is -1.75. The van der Waals surface area contributed by atoms with Gasteiger partial charge in [-0.3, -0.25) is 0 Å². The normalized spacial score (nSPS) is 32.2. The molecule has 2 saturated carbocycles. The van der Waals surface area contributed by atoms with Crippen molar-refractivity contribution in [1.82, 2.24) is 4.90 Å². The van der Waals surface area contributed by atoms with Gasteiger partial charge in [-0.1, -0.05) is 43.6 Å². The summed E-state index contributed by atoms with van der Waals surface area (Å²) in [5, 5.41) is 21.8. The van der Waals surface area contributed by atoms with Crippen molar-refractivity contribution in [1.29, 1.82) is 0 Å². The van der Waals surface area contributed by atoms with Gasteiger partial charge in [-0.25, -0.2) is 0 Å². The van der Waals surface area contributed by atoms with Gasteiger partial charge in [0.05, 0.1) is 11.1 Å². The molecule has 6 atom stereocenters. The topological polar surface area (TPSA) is 52.9 Å². The van der Waals surface area contributed by atoms with Crippen LogP contribution in [0.5, 0.6) is 11.5 Å². The second kappa shape index (κ2) is 9.37. The Labute approximate surface area is 208 Å². The van der Waals surface area contributed by atoms with Crippen molar-refractivity contribution in [2.45, 2.75) is 63.9 Å². The van der Waals surface area contributed by atoms with Crippen molar-refractivity contribution < 1.29 is 14.9 Å². The van der Waals surface area contributed by atoms with Crippen LogP contribution in [0, 0.1) is 17.3 Å². The molecular formula is C29H38ClNO3. The first-order chi connectivity index (χ1) is 16.3. The van der Waals surface area contributed by atoms with Gasteiger partial charge in [-0.05, 0) is 110 Å². The first-order valence-electron chi connectivity index (χ1n) is 12.9. The Morgan fingerprint density at radius 3 is 2.62 bits per heavy atom. The van der Waals surface area contributed by atoms with Crippen LogP contribution in [0.3, 0.4) is 0 Å². The molecular weight excluding hydrogens is 446 g/mol. The van der Waals surface area contributed by atoms with E-state index in [1.165, 1.54) is 11.1 Å². The largest absolute Gasteiger partial charge is 0.506 e. The third-order valence-corrected chi connectivity index (χ3v) is 9.79. The van der Waals surface area contributed by atoms with Crippen molar-refractivity contribution in [2.24, 2.45) is 17.3 Å². The van der Waals surface area contributed by atoms with Crippen LogP contribution in [-0.2, 0) is 6.42 Å². The van der Waals surface area contributed by atoms with Crippen molar-refractivity contribution in [2.75, 3.05) is 26.7 Å². The zero-order valence-corrected chi connectivity index (χ0v) is 21.4. The average molecular weight is 484 g/mol. The van der Waals surface area contributed by atoms with Crippen LogP contribution in [0.1, 0.15) is 68.1 Å². The molecule has 2 fully saturated rings. The molecule has 184 valence electrons. The lowest BCUT2D eigenvalue weighted by Crippen LogP contribution is -2.47. The van der Waals surface area contributed by atoms with Gasteiger partial charge >= 0.3 is 0 Å². The molecule has 0 amide bonds. The van der Waals surface area contributed by atoms with Crippen LogP contribution in [0.15, 0.2) is 36.4 Å². The summed E-state index contributed by atoms with van der Waals surface area (Å²) in [5.74, 6) is 2.80. The number of rotatable bonds is 6. The number of aromatic hydroxyl groups is 1. The standard InChI is InChI=1S/C29H38ClNO3/c1-4-31(3)15-16-34-19-7-5-18(6-8-19)23-17-29(2)24(12-14-26(29)33)22-10-9-21-20(27(22)23)11-13-25(32)28(21)30/h5-8,11,13,22-24,26-27,32-33H,4,9-10,12,14-17H2,1-3H3/t22-,23+,24-,26-,27+,29-/m0/s1. The van der Waals surface area contributed by atoms with E-state index >= 15 is 0 Å². The number of likely N-dealkylation sites (N-methyl/N-ethyl adjacent to an activating group) is 1. The molecule has 0 saturated heterocycles. The Morgan fingerprint density at radius 2 is 1.88 bits per heavy atom. The fourth-order valence-corrected chi connectivity index (χ4v) is 7.59. The van der Waals surface area contributed by atoms with Crippen LogP contribution in [0.25, 0.3) is 0 Å². The molecule has 0 spiro atoms. The highest BCUT2D eigenvalue weighted by molar-refractivity contribution is 6.32. The molecule has 4 nitrogen and oxygen atoms in total. The first kappa shape index (κ1) is 24.0. The van der Waals surface area contributed by atoms with Gasteiger partial charge in [0, 0.05) is 6.54 Å². The smallest absolute Gasteiger partial charge is 0.134 e. The van der Waals surface area contributed by atoms with Crippen LogP contribution in [-0.4, -0.2) is 48.0 Å². The van der Waals surface area contributed by atoms with Crippen molar-refractivity contribution >= 4 is 11.6 Å². The molecule has 0 radical (unpaired) electrons. The average Bonchev–Trinajstić information content (AvgIpc) is 3.15. The maximum Gasteiger partial charge on any atom is 0.134 e. The minimum absolute atomic E-state index is 0.0516. The maximum absolute atomic E-state index is 11.0. The van der Waals surface area contributed by atoms with Gasteiger partial charge in [0.2, 0.25) is 0 Å². The van der Waals surface area contributed by atoms with Crippen molar-refractivity contribution in [3.8, 4) is 11.5 Å². The Balaban J connectivity index is 1.47. The summed E-state index contributed by atoms with van der Waals surface area (Å²) in [4.78, 5) is 2.24. The highest BCUT2D eigenvalue weighted by Crippen LogP contribution is 2.65. The quantitative estimate of drug-likeness (QED) is 0.530. The number of ether oxygens (including phenoxy) is 1. The molecule has 34 heavy (non-hydrogen) atoms. The molecule has 2 aromatic carbocycles. The fourth-order valence-electron chi connectivity index (χ4n) is 7.33. The fraction of sp³-hybridized carbons (Fsp3) is 0.586. The van der Waals surface area contributed by atoms with Crippen molar-refractivity contribution in [3.63, 3.8) is 0 Å². The summed E-state index contributed by atoms with van der Waals surface area (Å²) < 4.78 is 5.99. The van der Waals surface area contributed by atoms with Gasteiger partial charge in [-0.15, -0.1) is 0 Å². The van der Waals surface area contributed by atoms with Gasteiger partial charge < -0.3 is 19.8 Å². The second-order valence-electron chi connectivity index (χ2n) is 11.0. The summed E-state index contributed by atoms with van der Waals surface area (Å²) in [5.41, 5.74) is 3.68. The Bertz CT molecular complexity index is 1020. The molecule has 0 aliphatic heterocycles. The van der Waals surface area contributed by atoms with Gasteiger partial charge in [0.15, 0.2) is 0 Å². The number of hydrogen-bond acceptors (Lipinski definition) is 4. The summed E-state index contributed by atoms with van der Waals surface area (Å²) in [6, 6.07) is 12.5. The van der Waals surface area contributed by atoms with E-state index in [0.29, 0.717) is 35.3 Å². The highest BCUT2D eigenvalue weighted by atomic mass is 35.5. The number of phenols is 1. The Kier molecular flexibility index (Phi) is 6.60. The molecule has 5 heteroatoms. The van der Waals surface area contributed by atoms with E-state index in [-0.39, 0.29) is 17.3 Å². The number of benzene rings is 2. The number of fused-ring (bicyclic) bond motifs is 5. The molecule has 2 aromatic rings. The maximum atomic E-state index is 11.0. The number of hydrogen-bond donors (Lipinski definition) is 2. The van der Waals surface area contributed by atoms with Crippen LogP contribution < -0.4 is 4.74 Å². The van der Waals surface area contributed by atoms with Gasteiger partial charge in [-0.2, -0.15) is 0 Å².